The molecule has 0 aliphatic heterocycles. The van der Waals surface area contributed by atoms with Crippen LogP contribution in [0.3, 0.4) is 0 Å². The Hall–Kier alpha value is -2.61. The lowest BCUT2D eigenvalue weighted by Gasteiger charge is -2.15. The zero-order valence-electron chi connectivity index (χ0n) is 12.3. The molecule has 23 heavy (non-hydrogen) atoms. The Morgan fingerprint density at radius 1 is 1.43 bits per heavy atom. The Morgan fingerprint density at radius 3 is 2.87 bits per heavy atom. The minimum Gasteiger partial charge on any atom is -0.480 e. The smallest absolute Gasteiger partial charge is 0.325 e. The maximum atomic E-state index is 12.0. The van der Waals surface area contributed by atoms with Gasteiger partial charge in [-0.15, -0.1) is 5.10 Å². The topological polar surface area (TPSA) is 106 Å². The van der Waals surface area contributed by atoms with Gasteiger partial charge in [-0.3, -0.25) is 9.59 Å². The van der Waals surface area contributed by atoms with Gasteiger partial charge in [0.15, 0.2) is 6.10 Å². The zero-order valence-corrected chi connectivity index (χ0v) is 13.0. The molecule has 0 aliphatic rings. The average Bonchev–Trinajstić information content (AvgIpc) is 2.93. The van der Waals surface area contributed by atoms with Crippen molar-refractivity contribution in [1.29, 1.82) is 0 Å². The third-order valence-corrected chi connectivity index (χ3v) is 3.15. The van der Waals surface area contributed by atoms with Crippen LogP contribution >= 0.6 is 11.6 Å². The molecule has 2 N–H and O–H groups in total. The fourth-order valence-electron chi connectivity index (χ4n) is 1.74. The molecule has 2 rings (SSSR count). The Morgan fingerprint density at radius 2 is 2.17 bits per heavy atom. The first kappa shape index (κ1) is 16.8. The molecule has 122 valence electrons. The highest BCUT2D eigenvalue weighted by atomic mass is 35.5. The summed E-state index contributed by atoms with van der Waals surface area (Å²) in [6.45, 7) is 1.43. The summed E-state index contributed by atoms with van der Waals surface area (Å²) in [5.74, 6) is -0.950. The summed E-state index contributed by atoms with van der Waals surface area (Å²) in [5, 5.41) is 19.1. The molecule has 0 spiro atoms. The van der Waals surface area contributed by atoms with Gasteiger partial charge in [-0.05, 0) is 19.1 Å². The first-order chi connectivity index (χ1) is 11.0. The predicted molar refractivity (Wildman–Crippen MR) is 81.0 cm³/mol. The normalized spacial score (nSPS) is 11.7. The van der Waals surface area contributed by atoms with Crippen molar-refractivity contribution in [3.63, 3.8) is 0 Å². The van der Waals surface area contributed by atoms with Crippen molar-refractivity contribution in [3.8, 4) is 5.75 Å². The Balaban J connectivity index is 1.85. The number of benzene rings is 1. The van der Waals surface area contributed by atoms with Crippen molar-refractivity contribution in [1.82, 2.24) is 20.3 Å². The van der Waals surface area contributed by atoms with E-state index >= 15 is 0 Å². The zero-order chi connectivity index (χ0) is 16.8. The second-order valence-corrected chi connectivity index (χ2v) is 5.12. The van der Waals surface area contributed by atoms with E-state index in [9.17, 15) is 9.59 Å². The summed E-state index contributed by atoms with van der Waals surface area (Å²) < 4.78 is 6.66. The number of halogens is 1. The van der Waals surface area contributed by atoms with E-state index < -0.39 is 12.1 Å². The maximum absolute atomic E-state index is 12.0. The fraction of sp³-hybridized carbons (Fsp3) is 0.286. The number of para-hydroxylation sites is 1. The van der Waals surface area contributed by atoms with Gasteiger partial charge in [-0.25, -0.2) is 4.68 Å². The molecule has 1 atom stereocenters. The number of carbonyl (C=O) groups excluding carboxylic acids is 1. The third-order valence-electron chi connectivity index (χ3n) is 2.84. The molecule has 1 unspecified atom stereocenters. The number of hydrogen-bond donors (Lipinski definition) is 2. The van der Waals surface area contributed by atoms with Crippen LogP contribution in [0.15, 0.2) is 30.5 Å². The highest BCUT2D eigenvalue weighted by Crippen LogP contribution is 2.24. The third kappa shape index (κ3) is 4.96. The Bertz CT molecular complexity index is 704. The molecular formula is C14H15ClN4O4. The van der Waals surface area contributed by atoms with Gasteiger partial charge in [0.05, 0.1) is 17.8 Å². The van der Waals surface area contributed by atoms with E-state index in [-0.39, 0.29) is 19.0 Å². The van der Waals surface area contributed by atoms with Crippen LogP contribution in [0, 0.1) is 0 Å². The number of amides is 1. The fourth-order valence-corrected chi connectivity index (χ4v) is 1.92. The highest BCUT2D eigenvalue weighted by Gasteiger charge is 2.16. The van der Waals surface area contributed by atoms with Crippen LogP contribution < -0.4 is 10.1 Å². The molecular weight excluding hydrogens is 324 g/mol. The van der Waals surface area contributed by atoms with Crippen LogP contribution in [0.25, 0.3) is 0 Å². The van der Waals surface area contributed by atoms with Gasteiger partial charge in [0, 0.05) is 0 Å². The lowest BCUT2D eigenvalue weighted by Crippen LogP contribution is -2.36. The summed E-state index contributed by atoms with van der Waals surface area (Å²) in [7, 11) is 0. The maximum Gasteiger partial charge on any atom is 0.325 e. The predicted octanol–water partition coefficient (Wildman–Crippen LogP) is 1.10. The lowest BCUT2D eigenvalue weighted by atomic mass is 10.3. The molecule has 1 amide bonds. The molecule has 0 aliphatic carbocycles. The number of carboxylic acids is 1. The molecule has 9 heteroatoms. The summed E-state index contributed by atoms with van der Waals surface area (Å²) in [6, 6.07) is 6.86. The van der Waals surface area contributed by atoms with Gasteiger partial charge in [-0.2, -0.15) is 0 Å². The molecule has 1 heterocycles. The Labute approximate surface area is 137 Å². The largest absolute Gasteiger partial charge is 0.480 e. The van der Waals surface area contributed by atoms with E-state index in [1.54, 1.807) is 31.2 Å². The van der Waals surface area contributed by atoms with Crippen molar-refractivity contribution in [2.24, 2.45) is 0 Å². The quantitative estimate of drug-likeness (QED) is 0.783. The van der Waals surface area contributed by atoms with Gasteiger partial charge < -0.3 is 15.2 Å². The molecule has 0 fully saturated rings. The standard InChI is InChI=1S/C14H15ClN4O4/c1-9(23-12-5-3-2-4-11(12)15)14(22)16-6-10-7-19(18-17-10)8-13(20)21/h2-5,7,9H,6,8H2,1H3,(H,16,22)(H,20,21). The van der Waals surface area contributed by atoms with Crippen molar-refractivity contribution < 1.29 is 19.4 Å². The second kappa shape index (κ2) is 7.59. The number of ether oxygens (including phenoxy) is 1. The van der Waals surface area contributed by atoms with Crippen molar-refractivity contribution in [2.75, 3.05) is 0 Å². The summed E-state index contributed by atoms with van der Waals surface area (Å²) in [5.41, 5.74) is 0.449. The van der Waals surface area contributed by atoms with Gasteiger partial charge in [0.2, 0.25) is 0 Å². The number of nitrogens with zero attached hydrogens (tertiary/aromatic N) is 3. The van der Waals surface area contributed by atoms with Crippen LogP contribution in [0.1, 0.15) is 12.6 Å². The molecule has 1 aromatic heterocycles. The van der Waals surface area contributed by atoms with E-state index in [0.717, 1.165) is 0 Å². The van der Waals surface area contributed by atoms with Gasteiger partial charge >= 0.3 is 5.97 Å². The molecule has 1 aromatic carbocycles. The average molecular weight is 339 g/mol. The Kier molecular flexibility index (Phi) is 5.53. The minimum atomic E-state index is -1.02. The molecule has 0 saturated heterocycles. The van der Waals surface area contributed by atoms with Crippen LogP contribution in [-0.2, 0) is 22.7 Å². The SMILES string of the molecule is CC(Oc1ccccc1Cl)C(=O)NCc1cn(CC(=O)O)nn1. The van der Waals surface area contributed by atoms with E-state index in [1.807, 2.05) is 0 Å². The first-order valence-electron chi connectivity index (χ1n) is 6.75. The van der Waals surface area contributed by atoms with Gasteiger partial charge in [0.25, 0.3) is 5.91 Å². The molecule has 0 saturated carbocycles. The minimum absolute atomic E-state index is 0.120. The number of rotatable bonds is 7. The number of carbonyl (C=O) groups is 2. The van der Waals surface area contributed by atoms with E-state index in [2.05, 4.69) is 15.6 Å². The molecule has 8 nitrogen and oxygen atoms in total. The number of aromatic nitrogens is 3. The van der Waals surface area contributed by atoms with E-state index in [1.165, 1.54) is 10.9 Å². The monoisotopic (exact) mass is 338 g/mol. The number of nitrogens with one attached hydrogen (secondary N) is 1. The summed E-state index contributed by atoms with van der Waals surface area (Å²) in [4.78, 5) is 22.5. The second-order valence-electron chi connectivity index (χ2n) is 4.71. The van der Waals surface area contributed by atoms with Crippen LogP contribution in [0.2, 0.25) is 5.02 Å². The van der Waals surface area contributed by atoms with Gasteiger partial charge in [-0.1, -0.05) is 28.9 Å². The number of hydrogen-bond acceptors (Lipinski definition) is 5. The number of carboxylic acid groups (broad SMARTS) is 1. The van der Waals surface area contributed by atoms with Crippen LogP contribution in [-0.4, -0.2) is 38.1 Å². The first-order valence-corrected chi connectivity index (χ1v) is 7.13. The van der Waals surface area contributed by atoms with E-state index in [4.69, 9.17) is 21.4 Å². The van der Waals surface area contributed by atoms with Crippen LogP contribution in [0.4, 0.5) is 0 Å². The van der Waals surface area contributed by atoms with Gasteiger partial charge in [0.1, 0.15) is 18.0 Å². The summed E-state index contributed by atoms with van der Waals surface area (Å²) >= 11 is 5.96. The molecule has 0 bridgehead atoms. The van der Waals surface area contributed by atoms with Crippen molar-refractivity contribution >= 4 is 23.5 Å². The summed E-state index contributed by atoms with van der Waals surface area (Å²) in [6.07, 6.45) is 0.706. The highest BCUT2D eigenvalue weighted by molar-refractivity contribution is 6.32. The molecule has 0 radical (unpaired) electrons. The lowest BCUT2D eigenvalue weighted by molar-refractivity contribution is -0.138. The van der Waals surface area contributed by atoms with Crippen LogP contribution in [0.5, 0.6) is 5.75 Å². The van der Waals surface area contributed by atoms with E-state index in [0.29, 0.717) is 16.5 Å². The van der Waals surface area contributed by atoms with Crippen molar-refractivity contribution in [3.05, 3.63) is 41.2 Å². The van der Waals surface area contributed by atoms with Crippen molar-refractivity contribution in [2.45, 2.75) is 26.1 Å². The number of aliphatic carboxylic acids is 1. The molecule has 2 aromatic rings.